The quantitative estimate of drug-likeness (QED) is 0.0673. The van der Waals surface area contributed by atoms with E-state index >= 15 is 35.1 Å². The number of halogens is 10. The normalized spacial score (nSPS) is 15.8. The summed E-state index contributed by atoms with van der Waals surface area (Å²) in [4.78, 5) is 0. The lowest BCUT2D eigenvalue weighted by atomic mass is 9.34. The highest BCUT2D eigenvalue weighted by atomic mass is 31.2. The van der Waals surface area contributed by atoms with E-state index in [1.807, 2.05) is 0 Å². The fourth-order valence-electron chi connectivity index (χ4n) is 8.58. The molecule has 4 aromatic carbocycles. The lowest BCUT2D eigenvalue weighted by Crippen LogP contribution is -2.70. The lowest BCUT2D eigenvalue weighted by Gasteiger charge is -2.56. The third-order valence-electron chi connectivity index (χ3n) is 9.65. The van der Waals surface area contributed by atoms with E-state index in [0.29, 0.717) is 32.9 Å². The molecule has 0 nitrogen and oxygen atoms in total. The van der Waals surface area contributed by atoms with Gasteiger partial charge in [-0.3, -0.25) is 0 Å². The molecule has 1 saturated heterocycles. The highest BCUT2D eigenvalue weighted by Crippen LogP contribution is 2.70. The predicted molar refractivity (Wildman–Crippen MR) is 164 cm³/mol. The van der Waals surface area contributed by atoms with Crippen LogP contribution in [0.25, 0.3) is 0 Å². The molecular formula is C34H30BF10P. The first kappa shape index (κ1) is 34.0. The van der Waals surface area contributed by atoms with Crippen molar-refractivity contribution >= 4 is 34.5 Å². The van der Waals surface area contributed by atoms with Gasteiger partial charge in [-0.2, -0.15) is 0 Å². The zero-order valence-corrected chi connectivity index (χ0v) is 26.8. The predicted octanol–water partition coefficient (Wildman–Crippen LogP) is 8.45. The summed E-state index contributed by atoms with van der Waals surface area (Å²) in [5, 5.41) is 0.724. The maximum atomic E-state index is 16.4. The minimum absolute atomic E-state index is 0.0609. The van der Waals surface area contributed by atoms with Crippen molar-refractivity contribution in [3.05, 3.63) is 116 Å². The molecule has 0 unspecified atom stereocenters. The van der Waals surface area contributed by atoms with Gasteiger partial charge in [-0.1, -0.05) is 59.9 Å². The Labute approximate surface area is 261 Å². The second-order valence-electron chi connectivity index (χ2n) is 12.5. The van der Waals surface area contributed by atoms with Gasteiger partial charge < -0.3 is 0 Å². The van der Waals surface area contributed by atoms with Crippen LogP contribution in [0.3, 0.4) is 0 Å². The van der Waals surface area contributed by atoms with Crippen molar-refractivity contribution in [2.45, 2.75) is 60.7 Å². The second-order valence-corrected chi connectivity index (χ2v) is 16.5. The number of benzene rings is 4. The summed E-state index contributed by atoms with van der Waals surface area (Å²) in [6, 6.07) is 6.87. The fraction of sp³-hybridized carbons (Fsp3) is 0.294. The van der Waals surface area contributed by atoms with Gasteiger partial charge in [-0.15, -0.1) is 6.32 Å². The van der Waals surface area contributed by atoms with Gasteiger partial charge in [-0.05, 0) is 70.2 Å². The van der Waals surface area contributed by atoms with Crippen molar-refractivity contribution in [3.8, 4) is 0 Å². The molecule has 0 amide bonds. The van der Waals surface area contributed by atoms with Crippen LogP contribution in [0.5, 0.6) is 0 Å². The van der Waals surface area contributed by atoms with Crippen molar-refractivity contribution < 1.29 is 43.9 Å². The minimum atomic E-state index is -4.04. The van der Waals surface area contributed by atoms with E-state index < -0.39 is 88.4 Å². The van der Waals surface area contributed by atoms with Crippen LogP contribution >= 0.6 is 7.14 Å². The van der Waals surface area contributed by atoms with Crippen molar-refractivity contribution in [2.75, 3.05) is 6.16 Å². The first-order valence-corrected chi connectivity index (χ1v) is 16.7. The smallest absolute Gasteiger partial charge is 0.207 e. The van der Waals surface area contributed by atoms with Gasteiger partial charge in [0.1, 0.15) is 23.3 Å². The van der Waals surface area contributed by atoms with Gasteiger partial charge in [0.05, 0.1) is 10.6 Å². The number of aryl methyl sites for hydroxylation is 6. The first-order chi connectivity index (χ1) is 21.4. The van der Waals surface area contributed by atoms with E-state index in [1.165, 1.54) is 0 Å². The van der Waals surface area contributed by atoms with Crippen LogP contribution < -0.4 is 21.5 Å². The Morgan fingerprint density at radius 2 is 0.717 bits per heavy atom. The van der Waals surface area contributed by atoms with Gasteiger partial charge in [0.25, 0.3) is 0 Å². The Balaban J connectivity index is 2.25. The summed E-state index contributed by atoms with van der Waals surface area (Å²) in [6.07, 6.45) is -0.471. The average Bonchev–Trinajstić information content (AvgIpc) is 2.97. The molecular weight excluding hydrogens is 640 g/mol. The maximum absolute atomic E-state index is 16.4. The van der Waals surface area contributed by atoms with Crippen molar-refractivity contribution in [1.29, 1.82) is 0 Å². The van der Waals surface area contributed by atoms with E-state index in [4.69, 9.17) is 0 Å². The summed E-state index contributed by atoms with van der Waals surface area (Å²) in [6.45, 7) is 10.2. The molecule has 1 aliphatic heterocycles. The molecule has 0 N–H and O–H groups in total. The Morgan fingerprint density at radius 3 is 1.02 bits per heavy atom. The summed E-state index contributed by atoms with van der Waals surface area (Å²) in [5.74, 6) is -28.0. The van der Waals surface area contributed by atoms with Crippen LogP contribution in [0.4, 0.5) is 43.9 Å². The van der Waals surface area contributed by atoms with Gasteiger partial charge in [0.2, 0.25) is 5.87 Å². The topological polar surface area (TPSA) is 0 Å². The van der Waals surface area contributed by atoms with Crippen LogP contribution in [0.15, 0.2) is 24.3 Å². The van der Waals surface area contributed by atoms with Crippen LogP contribution in [0.2, 0.25) is 6.32 Å². The van der Waals surface area contributed by atoms with E-state index in [0.717, 1.165) is 11.1 Å². The average molecular weight is 670 g/mol. The zero-order chi connectivity index (χ0) is 34.2. The largest absolute Gasteiger partial charge is 0.243 e. The van der Waals surface area contributed by atoms with E-state index in [-0.39, 0.29) is 19.0 Å². The highest BCUT2D eigenvalue weighted by molar-refractivity contribution is 8.21. The number of rotatable bonds is 4. The Morgan fingerprint density at radius 1 is 0.435 bits per heavy atom. The van der Waals surface area contributed by atoms with Crippen molar-refractivity contribution in [2.24, 2.45) is 0 Å². The molecule has 0 radical (unpaired) electrons. The van der Waals surface area contributed by atoms with E-state index in [2.05, 4.69) is 0 Å². The fourth-order valence-corrected chi connectivity index (χ4v) is 16.0. The molecule has 12 heteroatoms. The molecule has 0 atom stereocenters. The standard InChI is InChI=1S/C34H30BF10P/c1-15-11-17(3)33(18(4)12-15)46(34-19(5)13-16(2)14-20(34)6)10-8-7-9-35(46,21-23(36)27(40)31(44)28(41)24(21)37)22-25(38)29(42)32(45)30(43)26(22)39/h11-14H,7-10H2,1-6H3. The third-order valence-corrected chi connectivity index (χ3v) is 16.0. The molecule has 46 heavy (non-hydrogen) atoms. The molecule has 0 bridgehead atoms. The van der Waals surface area contributed by atoms with Gasteiger partial charge >= 0.3 is 0 Å². The van der Waals surface area contributed by atoms with Crippen LogP contribution in [0, 0.1) is 99.7 Å². The van der Waals surface area contributed by atoms with Crippen LogP contribution in [-0.2, 0) is 0 Å². The molecule has 0 saturated carbocycles. The molecule has 0 aliphatic carbocycles. The Hall–Kier alpha value is -3.33. The number of hydrogen-bond donors (Lipinski definition) is 0. The molecule has 5 rings (SSSR count). The van der Waals surface area contributed by atoms with Gasteiger partial charge in [0.15, 0.2) is 34.9 Å². The first-order valence-electron chi connectivity index (χ1n) is 14.7. The molecule has 244 valence electrons. The van der Waals surface area contributed by atoms with Crippen LogP contribution in [-0.4, -0.2) is 12.0 Å². The maximum Gasteiger partial charge on any atom is 0.243 e. The van der Waals surface area contributed by atoms with Gasteiger partial charge in [-0.25, -0.2) is 43.9 Å². The highest BCUT2D eigenvalue weighted by Gasteiger charge is 2.65. The molecule has 1 heterocycles. The monoisotopic (exact) mass is 670 g/mol. The molecule has 0 spiro atoms. The molecule has 1 aliphatic rings. The van der Waals surface area contributed by atoms with Crippen molar-refractivity contribution in [3.63, 3.8) is 0 Å². The SMILES string of the molecule is Cc1cc(C)c([P+]2(c3c(C)cc(C)cc3C)CCCC[B-]2(c2c(F)c(F)c(F)c(F)c2F)c2c(F)c(F)c(F)c(F)c2F)c(C)c1. The molecule has 0 aromatic heterocycles. The second kappa shape index (κ2) is 11.7. The van der Waals surface area contributed by atoms with Crippen molar-refractivity contribution in [1.82, 2.24) is 0 Å². The minimum Gasteiger partial charge on any atom is -0.207 e. The summed E-state index contributed by atoms with van der Waals surface area (Å²) >= 11 is 0. The van der Waals surface area contributed by atoms with E-state index in [9.17, 15) is 8.78 Å². The summed E-state index contributed by atoms with van der Waals surface area (Å²) in [7, 11) is -4.00. The zero-order valence-electron chi connectivity index (χ0n) is 25.9. The van der Waals surface area contributed by atoms with Crippen LogP contribution in [0.1, 0.15) is 46.2 Å². The Bertz CT molecular complexity index is 1710. The number of hydrogen-bond acceptors (Lipinski definition) is 0. The molecule has 4 aromatic rings. The van der Waals surface area contributed by atoms with E-state index in [1.54, 1.807) is 65.8 Å². The third kappa shape index (κ3) is 4.55. The summed E-state index contributed by atoms with van der Waals surface area (Å²) in [5.41, 5.74) is 0.362. The lowest BCUT2D eigenvalue weighted by molar-refractivity contribution is 0.381. The summed E-state index contributed by atoms with van der Waals surface area (Å²) < 4.78 is 156. The molecule has 1 fully saturated rings. The Kier molecular flexibility index (Phi) is 8.67. The van der Waals surface area contributed by atoms with Gasteiger partial charge in [0, 0.05) is 6.16 Å².